The van der Waals surface area contributed by atoms with Gasteiger partial charge in [0, 0.05) is 55.4 Å². The van der Waals surface area contributed by atoms with Crippen LogP contribution < -0.4 is 4.90 Å². The van der Waals surface area contributed by atoms with Crippen LogP contribution in [0.5, 0.6) is 0 Å². The fraction of sp³-hybridized carbons (Fsp3) is 0.562. The largest absolute Gasteiger partial charge is 0.341 e. The van der Waals surface area contributed by atoms with Crippen molar-refractivity contribution in [3.8, 4) is 0 Å². The first-order chi connectivity index (χ1) is 10.9. The van der Waals surface area contributed by atoms with Gasteiger partial charge in [-0.1, -0.05) is 6.07 Å². The van der Waals surface area contributed by atoms with Crippen LogP contribution in [0.4, 0.5) is 5.13 Å². The lowest BCUT2D eigenvalue weighted by atomic mass is 10.2. The van der Waals surface area contributed by atoms with Gasteiger partial charge in [-0.25, -0.2) is 4.98 Å². The average Bonchev–Trinajstić information content (AvgIpc) is 2.97. The number of anilines is 1. The van der Waals surface area contributed by atoms with Gasteiger partial charge in [0.2, 0.25) is 5.13 Å². The van der Waals surface area contributed by atoms with E-state index in [1.807, 2.05) is 12.3 Å². The molecule has 3 aliphatic rings. The molecule has 1 aliphatic carbocycles. The number of nitrogens with zero attached hydrogens (tertiary/aromatic N) is 5. The van der Waals surface area contributed by atoms with Gasteiger partial charge in [-0.2, -0.15) is 4.37 Å². The van der Waals surface area contributed by atoms with Gasteiger partial charge >= 0.3 is 0 Å². The van der Waals surface area contributed by atoms with Gasteiger partial charge in [0.15, 0.2) is 0 Å². The molecule has 114 valence electrons. The van der Waals surface area contributed by atoms with Crippen molar-refractivity contribution in [2.24, 2.45) is 0 Å². The Hall–Kier alpha value is -1.53. The topological polar surface area (TPSA) is 45.2 Å². The molecule has 4 heterocycles. The minimum absolute atomic E-state index is 0.605. The Labute approximate surface area is 134 Å². The fourth-order valence-electron chi connectivity index (χ4n) is 3.73. The minimum atomic E-state index is 0.605. The molecule has 0 spiro atoms. The number of pyridine rings is 1. The Morgan fingerprint density at radius 3 is 2.86 bits per heavy atom. The standard InChI is InChI=1S/C16H19N5S/c1-2-6-17-12(3-1)8-20-9-14-7-13(20)10-21(14)16-18-15(19-22-16)11-4-5-11/h1-3,6,11,13-14H,4-5,7-10H2. The smallest absolute Gasteiger partial charge is 0.205 e. The summed E-state index contributed by atoms with van der Waals surface area (Å²) < 4.78 is 4.56. The third-order valence-corrected chi connectivity index (χ3v) is 5.83. The summed E-state index contributed by atoms with van der Waals surface area (Å²) in [7, 11) is 0. The summed E-state index contributed by atoms with van der Waals surface area (Å²) >= 11 is 1.59. The lowest BCUT2D eigenvalue weighted by Crippen LogP contribution is -2.46. The summed E-state index contributed by atoms with van der Waals surface area (Å²) in [6, 6.07) is 7.42. The van der Waals surface area contributed by atoms with E-state index in [0.717, 1.165) is 30.6 Å². The summed E-state index contributed by atoms with van der Waals surface area (Å²) in [5.41, 5.74) is 1.17. The molecule has 0 radical (unpaired) electrons. The lowest BCUT2D eigenvalue weighted by molar-refractivity contribution is 0.228. The second kappa shape index (κ2) is 4.99. The van der Waals surface area contributed by atoms with Crippen molar-refractivity contribution in [3.05, 3.63) is 35.9 Å². The van der Waals surface area contributed by atoms with E-state index < -0.39 is 0 Å². The van der Waals surface area contributed by atoms with Crippen LogP contribution in [0.25, 0.3) is 0 Å². The van der Waals surface area contributed by atoms with Gasteiger partial charge in [0.1, 0.15) is 5.82 Å². The molecule has 2 unspecified atom stereocenters. The fourth-order valence-corrected chi connectivity index (χ4v) is 4.56. The predicted octanol–water partition coefficient (Wildman–Crippen LogP) is 2.27. The Morgan fingerprint density at radius 1 is 1.18 bits per heavy atom. The third kappa shape index (κ3) is 2.21. The lowest BCUT2D eigenvalue weighted by Gasteiger charge is -2.33. The number of aromatic nitrogens is 3. The Balaban J connectivity index is 1.27. The molecule has 5 rings (SSSR count). The van der Waals surface area contributed by atoms with E-state index in [1.165, 1.54) is 25.0 Å². The van der Waals surface area contributed by atoms with E-state index in [1.54, 1.807) is 11.5 Å². The molecule has 0 amide bonds. The highest BCUT2D eigenvalue weighted by atomic mass is 32.1. The number of hydrogen-bond donors (Lipinski definition) is 0. The molecule has 2 aromatic heterocycles. The number of piperazine rings is 1. The average molecular weight is 313 g/mol. The van der Waals surface area contributed by atoms with Crippen molar-refractivity contribution in [3.63, 3.8) is 0 Å². The van der Waals surface area contributed by atoms with E-state index in [9.17, 15) is 0 Å². The normalized spacial score (nSPS) is 27.7. The highest BCUT2D eigenvalue weighted by molar-refractivity contribution is 7.09. The van der Waals surface area contributed by atoms with Crippen molar-refractivity contribution < 1.29 is 0 Å². The van der Waals surface area contributed by atoms with Crippen LogP contribution in [0, 0.1) is 0 Å². The first-order valence-corrected chi connectivity index (χ1v) is 8.88. The van der Waals surface area contributed by atoms with Crippen molar-refractivity contribution >= 4 is 16.7 Å². The molecule has 22 heavy (non-hydrogen) atoms. The van der Waals surface area contributed by atoms with Crippen molar-refractivity contribution in [2.45, 2.75) is 43.8 Å². The zero-order chi connectivity index (χ0) is 14.5. The summed E-state index contributed by atoms with van der Waals surface area (Å²) in [5.74, 6) is 1.75. The number of rotatable bonds is 4. The molecular formula is C16H19N5S. The maximum absolute atomic E-state index is 4.78. The third-order valence-electron chi connectivity index (χ3n) is 5.06. The highest BCUT2D eigenvalue weighted by Crippen LogP contribution is 2.41. The van der Waals surface area contributed by atoms with Crippen molar-refractivity contribution in [1.29, 1.82) is 0 Å². The summed E-state index contributed by atoms with van der Waals surface area (Å²) in [6.45, 7) is 3.19. The Morgan fingerprint density at radius 2 is 2.14 bits per heavy atom. The molecule has 5 nitrogen and oxygen atoms in total. The molecule has 0 N–H and O–H groups in total. The second-order valence-electron chi connectivity index (χ2n) is 6.66. The maximum atomic E-state index is 4.78. The van der Waals surface area contributed by atoms with Gasteiger partial charge in [0.05, 0.1) is 5.69 Å². The van der Waals surface area contributed by atoms with E-state index >= 15 is 0 Å². The van der Waals surface area contributed by atoms with E-state index in [-0.39, 0.29) is 0 Å². The second-order valence-corrected chi connectivity index (χ2v) is 7.39. The highest BCUT2D eigenvalue weighted by Gasteiger charge is 2.44. The quantitative estimate of drug-likeness (QED) is 0.866. The summed E-state index contributed by atoms with van der Waals surface area (Å²) in [4.78, 5) is 14.3. The molecule has 2 aromatic rings. The zero-order valence-corrected chi connectivity index (χ0v) is 13.2. The van der Waals surface area contributed by atoms with Crippen molar-refractivity contribution in [2.75, 3.05) is 18.0 Å². The van der Waals surface area contributed by atoms with Crippen LogP contribution in [0.15, 0.2) is 24.4 Å². The van der Waals surface area contributed by atoms with Gasteiger partial charge in [-0.05, 0) is 31.4 Å². The molecule has 2 atom stereocenters. The van der Waals surface area contributed by atoms with Gasteiger partial charge in [-0.3, -0.25) is 9.88 Å². The molecule has 1 saturated carbocycles. The molecule has 2 aliphatic heterocycles. The zero-order valence-electron chi connectivity index (χ0n) is 12.4. The van der Waals surface area contributed by atoms with Gasteiger partial charge in [0.25, 0.3) is 0 Å². The summed E-state index contributed by atoms with van der Waals surface area (Å²) in [6.07, 6.45) is 5.70. The number of fused-ring (bicyclic) bond motifs is 2. The molecule has 2 bridgehead atoms. The van der Waals surface area contributed by atoms with Gasteiger partial charge in [-0.15, -0.1) is 0 Å². The Bertz CT molecular complexity index is 668. The SMILES string of the molecule is c1ccc(CN2CC3CC2CN3c2nc(C3CC3)ns2)nc1. The van der Waals surface area contributed by atoms with E-state index in [4.69, 9.17) is 4.98 Å². The van der Waals surface area contributed by atoms with Crippen LogP contribution in [0.1, 0.15) is 36.7 Å². The van der Waals surface area contributed by atoms with Crippen LogP contribution in [0.2, 0.25) is 0 Å². The maximum Gasteiger partial charge on any atom is 0.205 e. The van der Waals surface area contributed by atoms with Gasteiger partial charge < -0.3 is 4.90 Å². The monoisotopic (exact) mass is 313 g/mol. The number of likely N-dealkylation sites (tertiary alicyclic amines) is 1. The Kier molecular flexibility index (Phi) is 2.94. The van der Waals surface area contributed by atoms with E-state index in [0.29, 0.717) is 18.0 Å². The molecule has 3 fully saturated rings. The van der Waals surface area contributed by atoms with Crippen molar-refractivity contribution in [1.82, 2.24) is 19.2 Å². The van der Waals surface area contributed by atoms with Crippen LogP contribution in [-0.2, 0) is 6.54 Å². The van der Waals surface area contributed by atoms with Crippen LogP contribution in [0.3, 0.4) is 0 Å². The molecule has 6 heteroatoms. The first-order valence-electron chi connectivity index (χ1n) is 8.11. The number of hydrogen-bond acceptors (Lipinski definition) is 6. The van der Waals surface area contributed by atoms with Crippen LogP contribution in [-0.4, -0.2) is 44.4 Å². The predicted molar refractivity (Wildman–Crippen MR) is 86.1 cm³/mol. The molecular weight excluding hydrogens is 294 g/mol. The molecule has 0 aromatic carbocycles. The summed E-state index contributed by atoms with van der Waals surface area (Å²) in [5, 5.41) is 1.15. The first kappa shape index (κ1) is 13.0. The molecule has 2 saturated heterocycles. The van der Waals surface area contributed by atoms with Crippen LogP contribution >= 0.6 is 11.5 Å². The van der Waals surface area contributed by atoms with E-state index in [2.05, 4.69) is 31.3 Å². The minimum Gasteiger partial charge on any atom is -0.341 e.